The van der Waals surface area contributed by atoms with Crippen LogP contribution >= 0.6 is 11.6 Å². The topological polar surface area (TPSA) is 46.5 Å². The van der Waals surface area contributed by atoms with E-state index in [4.69, 9.17) is 16.3 Å². The molecular weight excluding hydrogens is 240 g/mol. The molecule has 0 saturated heterocycles. The average Bonchev–Trinajstić information content (AvgIpc) is 2.35. The Morgan fingerprint density at radius 3 is 2.71 bits per heavy atom. The first-order valence-corrected chi connectivity index (χ1v) is 5.63. The first kappa shape index (κ1) is 13.7. The van der Waals surface area contributed by atoms with Crippen molar-refractivity contribution in [2.75, 3.05) is 6.61 Å². The van der Waals surface area contributed by atoms with Gasteiger partial charge in [-0.1, -0.05) is 43.0 Å². The Kier molecular flexibility index (Phi) is 4.73. The summed E-state index contributed by atoms with van der Waals surface area (Å²) in [4.78, 5) is 11.6. The van der Waals surface area contributed by atoms with Gasteiger partial charge in [0.1, 0.15) is 6.61 Å². The maximum absolute atomic E-state index is 11.6. The molecular formula is C13H15ClO3. The van der Waals surface area contributed by atoms with E-state index >= 15 is 0 Å². The predicted octanol–water partition coefficient (Wildman–Crippen LogP) is 2.45. The zero-order chi connectivity index (χ0) is 12.9. The summed E-state index contributed by atoms with van der Waals surface area (Å²) in [6.45, 7) is 4.81. The van der Waals surface area contributed by atoms with Crippen molar-refractivity contribution in [3.8, 4) is 0 Å². The molecule has 1 rings (SSSR count). The van der Waals surface area contributed by atoms with Gasteiger partial charge < -0.3 is 9.84 Å². The molecule has 1 aromatic rings. The van der Waals surface area contributed by atoms with Crippen molar-refractivity contribution in [1.29, 1.82) is 0 Å². The highest BCUT2D eigenvalue weighted by molar-refractivity contribution is 6.23. The summed E-state index contributed by atoms with van der Waals surface area (Å²) in [5, 5.41) is 9.23. The maximum atomic E-state index is 11.6. The molecule has 3 nitrogen and oxygen atoms in total. The number of alkyl halides is 1. The lowest BCUT2D eigenvalue weighted by atomic mass is 9.96. The smallest absolute Gasteiger partial charge is 0.340 e. The van der Waals surface area contributed by atoms with Crippen molar-refractivity contribution >= 4 is 17.6 Å². The molecule has 0 aliphatic rings. The Bertz CT molecular complexity index is 387. The molecule has 0 fully saturated rings. The van der Waals surface area contributed by atoms with E-state index in [0.29, 0.717) is 5.56 Å². The Morgan fingerprint density at radius 1 is 1.59 bits per heavy atom. The number of hydrogen-bond acceptors (Lipinski definition) is 3. The summed E-state index contributed by atoms with van der Waals surface area (Å²) in [6.07, 6.45) is 1.43. The minimum absolute atomic E-state index is 0.0490. The summed E-state index contributed by atoms with van der Waals surface area (Å²) < 4.78 is 4.81. The first-order valence-electron chi connectivity index (χ1n) is 5.19. The second-order valence-corrected chi connectivity index (χ2v) is 4.24. The molecule has 0 radical (unpaired) electrons. The molecule has 92 valence electrons. The number of carbonyl (C=O) groups is 1. The second kappa shape index (κ2) is 5.84. The third-order valence-corrected chi connectivity index (χ3v) is 3.01. The number of carbonyl (C=O) groups excluding carboxylic acids is 1. The molecule has 17 heavy (non-hydrogen) atoms. The van der Waals surface area contributed by atoms with Crippen molar-refractivity contribution in [3.05, 3.63) is 48.6 Å². The van der Waals surface area contributed by atoms with Crippen LogP contribution < -0.4 is 0 Å². The SMILES string of the molecule is C=CCOC(=O)[C@@](C)(O)[C@@H](Cl)c1ccccc1. The van der Waals surface area contributed by atoms with Gasteiger partial charge in [-0.15, -0.1) is 11.6 Å². The Hall–Kier alpha value is -1.32. The van der Waals surface area contributed by atoms with Crippen molar-refractivity contribution < 1.29 is 14.6 Å². The molecule has 0 amide bonds. The maximum Gasteiger partial charge on any atom is 0.340 e. The number of halogens is 1. The van der Waals surface area contributed by atoms with Gasteiger partial charge in [-0.3, -0.25) is 0 Å². The van der Waals surface area contributed by atoms with Gasteiger partial charge in [-0.2, -0.15) is 0 Å². The van der Waals surface area contributed by atoms with Crippen LogP contribution in [0.3, 0.4) is 0 Å². The van der Waals surface area contributed by atoms with Crippen LogP contribution in [0.15, 0.2) is 43.0 Å². The van der Waals surface area contributed by atoms with E-state index in [1.807, 2.05) is 6.07 Å². The standard InChI is InChI=1S/C13H15ClO3/c1-3-9-17-12(15)13(2,16)11(14)10-7-5-4-6-8-10/h3-8,11,16H,1,9H2,2H3/t11-,13-/m0/s1. The fourth-order valence-corrected chi connectivity index (χ4v) is 1.57. The largest absolute Gasteiger partial charge is 0.459 e. The van der Waals surface area contributed by atoms with Gasteiger partial charge in [0.2, 0.25) is 0 Å². The predicted molar refractivity (Wildman–Crippen MR) is 66.8 cm³/mol. The summed E-state index contributed by atoms with van der Waals surface area (Å²) in [5.74, 6) is -0.763. The minimum atomic E-state index is -1.77. The van der Waals surface area contributed by atoms with Crippen LogP contribution in [0.2, 0.25) is 0 Å². The molecule has 0 heterocycles. The fourth-order valence-electron chi connectivity index (χ4n) is 1.33. The Balaban J connectivity index is 2.82. The molecule has 0 aliphatic carbocycles. The van der Waals surface area contributed by atoms with E-state index in [1.165, 1.54) is 13.0 Å². The van der Waals surface area contributed by atoms with Crippen molar-refractivity contribution in [3.63, 3.8) is 0 Å². The molecule has 0 saturated carbocycles. The Labute approximate surface area is 106 Å². The lowest BCUT2D eigenvalue weighted by molar-refractivity contribution is -0.162. The van der Waals surface area contributed by atoms with E-state index in [2.05, 4.69) is 6.58 Å². The van der Waals surface area contributed by atoms with Gasteiger partial charge in [-0.05, 0) is 12.5 Å². The number of rotatable bonds is 5. The minimum Gasteiger partial charge on any atom is -0.459 e. The van der Waals surface area contributed by atoms with E-state index in [1.54, 1.807) is 24.3 Å². The van der Waals surface area contributed by atoms with Crippen molar-refractivity contribution in [1.82, 2.24) is 0 Å². The molecule has 1 N–H and O–H groups in total. The lowest BCUT2D eigenvalue weighted by Gasteiger charge is -2.26. The summed E-state index contributed by atoms with van der Waals surface area (Å²) in [7, 11) is 0. The van der Waals surface area contributed by atoms with Crippen molar-refractivity contribution in [2.24, 2.45) is 0 Å². The average molecular weight is 255 g/mol. The van der Waals surface area contributed by atoms with Gasteiger partial charge in [0.15, 0.2) is 5.60 Å². The molecule has 4 heteroatoms. The summed E-state index contributed by atoms with van der Waals surface area (Å²) in [5.41, 5.74) is -1.11. The molecule has 2 atom stereocenters. The highest BCUT2D eigenvalue weighted by Gasteiger charge is 2.40. The molecule has 0 aromatic heterocycles. The molecule has 0 aliphatic heterocycles. The second-order valence-electron chi connectivity index (χ2n) is 3.81. The third-order valence-electron chi connectivity index (χ3n) is 2.33. The number of aliphatic hydroxyl groups is 1. The lowest BCUT2D eigenvalue weighted by Crippen LogP contribution is -2.40. The van der Waals surface area contributed by atoms with Crippen LogP contribution in [0.25, 0.3) is 0 Å². The van der Waals surface area contributed by atoms with Crippen molar-refractivity contribution in [2.45, 2.75) is 17.9 Å². The first-order chi connectivity index (χ1) is 8.00. The number of ether oxygens (including phenoxy) is 1. The molecule has 0 spiro atoms. The van der Waals surface area contributed by atoms with Gasteiger partial charge in [0, 0.05) is 0 Å². The monoisotopic (exact) mass is 254 g/mol. The fraction of sp³-hybridized carbons (Fsp3) is 0.308. The summed E-state index contributed by atoms with van der Waals surface area (Å²) in [6, 6.07) is 8.89. The Morgan fingerprint density at radius 2 is 2.18 bits per heavy atom. The van der Waals surface area contributed by atoms with E-state index in [-0.39, 0.29) is 6.61 Å². The molecule has 0 bridgehead atoms. The summed E-state index contributed by atoms with van der Waals surface area (Å²) >= 11 is 6.10. The highest BCUT2D eigenvalue weighted by atomic mass is 35.5. The van der Waals surface area contributed by atoms with Crippen LogP contribution in [0.4, 0.5) is 0 Å². The van der Waals surface area contributed by atoms with Crippen LogP contribution in [-0.4, -0.2) is 23.3 Å². The number of benzene rings is 1. The molecule has 0 unspecified atom stereocenters. The van der Waals surface area contributed by atoms with Gasteiger partial charge in [0.25, 0.3) is 0 Å². The quantitative estimate of drug-likeness (QED) is 0.499. The van der Waals surface area contributed by atoms with Gasteiger partial charge in [0.05, 0.1) is 5.38 Å². The highest BCUT2D eigenvalue weighted by Crippen LogP contribution is 2.33. The van der Waals surface area contributed by atoms with Crippen LogP contribution in [-0.2, 0) is 9.53 Å². The van der Waals surface area contributed by atoms with E-state index in [0.717, 1.165) is 0 Å². The van der Waals surface area contributed by atoms with Crippen LogP contribution in [0.1, 0.15) is 17.9 Å². The van der Waals surface area contributed by atoms with Gasteiger partial charge >= 0.3 is 5.97 Å². The van der Waals surface area contributed by atoms with Crippen LogP contribution in [0.5, 0.6) is 0 Å². The number of hydrogen-bond donors (Lipinski definition) is 1. The van der Waals surface area contributed by atoms with Crippen LogP contribution in [0, 0.1) is 0 Å². The third kappa shape index (κ3) is 3.32. The van der Waals surface area contributed by atoms with E-state index < -0.39 is 16.9 Å². The number of esters is 1. The van der Waals surface area contributed by atoms with E-state index in [9.17, 15) is 9.90 Å². The molecule has 1 aromatic carbocycles. The zero-order valence-electron chi connectivity index (χ0n) is 9.60. The normalized spacial score (nSPS) is 15.7. The zero-order valence-corrected chi connectivity index (χ0v) is 10.4. The van der Waals surface area contributed by atoms with Gasteiger partial charge in [-0.25, -0.2) is 4.79 Å².